The predicted octanol–water partition coefficient (Wildman–Crippen LogP) is 1.27. The van der Waals surface area contributed by atoms with E-state index in [1.54, 1.807) is 30.6 Å². The van der Waals surface area contributed by atoms with Crippen molar-refractivity contribution in [3.05, 3.63) is 36.2 Å². The molecular formula is C14H15N3O2. The number of nitrogens with one attached hydrogen (secondary N) is 1. The van der Waals surface area contributed by atoms with Gasteiger partial charge in [-0.2, -0.15) is 0 Å². The van der Waals surface area contributed by atoms with Crippen molar-refractivity contribution in [2.75, 3.05) is 6.54 Å². The Kier molecular flexibility index (Phi) is 2.91. The third kappa shape index (κ3) is 2.42. The van der Waals surface area contributed by atoms with Gasteiger partial charge in [-0.25, -0.2) is 0 Å². The third-order valence-electron chi connectivity index (χ3n) is 3.59. The maximum atomic E-state index is 12.0. The summed E-state index contributed by atoms with van der Waals surface area (Å²) in [4.78, 5) is 20.3. The minimum Gasteiger partial charge on any atom is -0.388 e. The monoisotopic (exact) mass is 257 g/mol. The Hall–Kier alpha value is -2.01. The molecule has 0 saturated heterocycles. The Morgan fingerprint density at radius 3 is 2.68 bits per heavy atom. The van der Waals surface area contributed by atoms with Crippen LogP contribution >= 0.6 is 0 Å². The minimum absolute atomic E-state index is 0.187. The Morgan fingerprint density at radius 2 is 2.00 bits per heavy atom. The van der Waals surface area contributed by atoms with E-state index in [-0.39, 0.29) is 5.91 Å². The van der Waals surface area contributed by atoms with Crippen LogP contribution in [0.15, 0.2) is 30.6 Å². The molecule has 1 aliphatic carbocycles. The Labute approximate surface area is 110 Å². The van der Waals surface area contributed by atoms with Gasteiger partial charge in [0.2, 0.25) is 0 Å². The van der Waals surface area contributed by atoms with Gasteiger partial charge >= 0.3 is 0 Å². The first-order valence-corrected chi connectivity index (χ1v) is 6.38. The number of fused-ring (bicyclic) bond motifs is 1. The molecule has 1 aromatic carbocycles. The molecule has 3 rings (SSSR count). The highest BCUT2D eigenvalue weighted by Crippen LogP contribution is 2.30. The molecule has 1 fully saturated rings. The van der Waals surface area contributed by atoms with Crippen molar-refractivity contribution in [1.29, 1.82) is 0 Å². The second kappa shape index (κ2) is 4.59. The summed E-state index contributed by atoms with van der Waals surface area (Å²) in [6, 6.07) is 5.20. The van der Waals surface area contributed by atoms with Crippen LogP contribution in [0, 0.1) is 0 Å². The molecular weight excluding hydrogens is 242 g/mol. The zero-order valence-electron chi connectivity index (χ0n) is 10.5. The van der Waals surface area contributed by atoms with E-state index in [0.29, 0.717) is 17.6 Å². The van der Waals surface area contributed by atoms with Crippen molar-refractivity contribution >= 4 is 16.9 Å². The van der Waals surface area contributed by atoms with Crippen LogP contribution in [0.4, 0.5) is 0 Å². The molecule has 5 nitrogen and oxygen atoms in total. The van der Waals surface area contributed by atoms with Crippen LogP contribution in [0.25, 0.3) is 11.0 Å². The number of nitrogens with zero attached hydrogens (tertiary/aromatic N) is 2. The van der Waals surface area contributed by atoms with Gasteiger partial charge in [0.15, 0.2) is 0 Å². The number of aliphatic hydroxyl groups is 1. The molecule has 0 unspecified atom stereocenters. The Balaban J connectivity index is 1.74. The summed E-state index contributed by atoms with van der Waals surface area (Å²) >= 11 is 0. The number of carbonyl (C=O) groups is 1. The Morgan fingerprint density at radius 1 is 1.26 bits per heavy atom. The molecule has 0 radical (unpaired) electrons. The highest BCUT2D eigenvalue weighted by Gasteiger charge is 2.34. The summed E-state index contributed by atoms with van der Waals surface area (Å²) in [5.41, 5.74) is 1.29. The van der Waals surface area contributed by atoms with Crippen LogP contribution < -0.4 is 5.32 Å². The lowest BCUT2D eigenvalue weighted by molar-refractivity contribution is -0.0300. The molecule has 0 aliphatic heterocycles. The summed E-state index contributed by atoms with van der Waals surface area (Å²) in [6.07, 6.45) is 5.76. The molecule has 1 heterocycles. The summed E-state index contributed by atoms with van der Waals surface area (Å²) < 4.78 is 0. The first-order valence-electron chi connectivity index (χ1n) is 6.38. The van der Waals surface area contributed by atoms with Gasteiger partial charge in [-0.1, -0.05) is 0 Å². The molecule has 1 amide bonds. The largest absolute Gasteiger partial charge is 0.388 e. The number of hydrogen-bond acceptors (Lipinski definition) is 4. The summed E-state index contributed by atoms with van der Waals surface area (Å²) in [7, 11) is 0. The molecule has 1 aromatic heterocycles. The SMILES string of the molecule is O=C(NCC1(O)CCC1)c1ccc2nccnc2c1. The molecule has 2 aromatic rings. The fourth-order valence-electron chi connectivity index (χ4n) is 2.21. The van der Waals surface area contributed by atoms with Crippen molar-refractivity contribution < 1.29 is 9.90 Å². The van der Waals surface area contributed by atoms with Gasteiger partial charge in [0.05, 0.1) is 16.6 Å². The van der Waals surface area contributed by atoms with Gasteiger partial charge in [-0.15, -0.1) is 0 Å². The molecule has 1 aliphatic rings. The highest BCUT2D eigenvalue weighted by atomic mass is 16.3. The summed E-state index contributed by atoms with van der Waals surface area (Å²) in [6.45, 7) is 0.310. The molecule has 0 bridgehead atoms. The fourth-order valence-corrected chi connectivity index (χ4v) is 2.21. The van der Waals surface area contributed by atoms with Gasteiger partial charge in [0.1, 0.15) is 0 Å². The van der Waals surface area contributed by atoms with Gasteiger partial charge in [-0.05, 0) is 37.5 Å². The highest BCUT2D eigenvalue weighted by molar-refractivity contribution is 5.97. The van der Waals surface area contributed by atoms with E-state index in [9.17, 15) is 9.90 Å². The maximum Gasteiger partial charge on any atom is 0.251 e. The van der Waals surface area contributed by atoms with Crippen LogP contribution in [0.2, 0.25) is 0 Å². The quantitative estimate of drug-likeness (QED) is 0.868. The van der Waals surface area contributed by atoms with Crippen molar-refractivity contribution in [2.45, 2.75) is 24.9 Å². The second-order valence-electron chi connectivity index (χ2n) is 5.02. The number of carbonyl (C=O) groups excluding carboxylic acids is 1. The first kappa shape index (κ1) is 12.0. The lowest BCUT2D eigenvalue weighted by Gasteiger charge is -2.36. The van der Waals surface area contributed by atoms with Crippen LogP contribution in [-0.2, 0) is 0 Å². The van der Waals surface area contributed by atoms with Crippen molar-refractivity contribution in [3.8, 4) is 0 Å². The number of benzene rings is 1. The van der Waals surface area contributed by atoms with E-state index in [0.717, 1.165) is 24.8 Å². The number of hydrogen-bond donors (Lipinski definition) is 2. The van der Waals surface area contributed by atoms with Gasteiger partial charge < -0.3 is 10.4 Å². The second-order valence-corrected chi connectivity index (χ2v) is 5.02. The lowest BCUT2D eigenvalue weighted by atomic mass is 9.80. The molecule has 19 heavy (non-hydrogen) atoms. The minimum atomic E-state index is -0.702. The molecule has 1 saturated carbocycles. The molecule has 98 valence electrons. The van der Waals surface area contributed by atoms with Crippen LogP contribution in [0.1, 0.15) is 29.6 Å². The average Bonchev–Trinajstić information content (AvgIpc) is 2.42. The van der Waals surface area contributed by atoms with Gasteiger partial charge in [-0.3, -0.25) is 14.8 Å². The standard InChI is InChI=1S/C14H15N3O2/c18-13(17-9-14(19)4-1-5-14)10-2-3-11-12(8-10)16-7-6-15-11/h2-3,6-8,19H,1,4-5,9H2,(H,17,18). The van der Waals surface area contributed by atoms with E-state index >= 15 is 0 Å². The third-order valence-corrected chi connectivity index (χ3v) is 3.59. The number of aromatic nitrogens is 2. The van der Waals surface area contributed by atoms with Gasteiger partial charge in [0.25, 0.3) is 5.91 Å². The van der Waals surface area contributed by atoms with Gasteiger partial charge in [0, 0.05) is 24.5 Å². The van der Waals surface area contributed by atoms with E-state index in [1.807, 2.05) is 0 Å². The zero-order chi connectivity index (χ0) is 13.3. The molecule has 0 spiro atoms. The lowest BCUT2D eigenvalue weighted by Crippen LogP contribution is -2.47. The van der Waals surface area contributed by atoms with Crippen LogP contribution in [-0.4, -0.2) is 33.1 Å². The van der Waals surface area contributed by atoms with Crippen molar-refractivity contribution in [3.63, 3.8) is 0 Å². The normalized spacial score (nSPS) is 16.9. The number of amides is 1. The van der Waals surface area contributed by atoms with E-state index in [4.69, 9.17) is 0 Å². The average molecular weight is 257 g/mol. The van der Waals surface area contributed by atoms with Crippen LogP contribution in [0.5, 0.6) is 0 Å². The van der Waals surface area contributed by atoms with E-state index in [2.05, 4.69) is 15.3 Å². The van der Waals surface area contributed by atoms with E-state index in [1.165, 1.54) is 0 Å². The van der Waals surface area contributed by atoms with Crippen LogP contribution in [0.3, 0.4) is 0 Å². The smallest absolute Gasteiger partial charge is 0.251 e. The van der Waals surface area contributed by atoms with Crippen molar-refractivity contribution in [1.82, 2.24) is 15.3 Å². The van der Waals surface area contributed by atoms with E-state index < -0.39 is 5.60 Å². The van der Waals surface area contributed by atoms with Crippen molar-refractivity contribution in [2.24, 2.45) is 0 Å². The number of rotatable bonds is 3. The molecule has 5 heteroatoms. The summed E-state index contributed by atoms with van der Waals surface area (Å²) in [5, 5.41) is 12.7. The Bertz CT molecular complexity index is 623. The predicted molar refractivity (Wildman–Crippen MR) is 70.7 cm³/mol. The topological polar surface area (TPSA) is 75.1 Å². The first-order chi connectivity index (χ1) is 9.16. The fraction of sp³-hybridized carbons (Fsp3) is 0.357. The molecule has 0 atom stereocenters. The maximum absolute atomic E-state index is 12.0. The summed E-state index contributed by atoms with van der Waals surface area (Å²) in [5.74, 6) is -0.187. The zero-order valence-corrected chi connectivity index (χ0v) is 10.5. The molecule has 2 N–H and O–H groups in total.